The summed E-state index contributed by atoms with van der Waals surface area (Å²) in [7, 11) is 0. The van der Waals surface area contributed by atoms with Gasteiger partial charge in [-0.05, 0) is 26.0 Å². The number of thiazole rings is 1. The van der Waals surface area contributed by atoms with Crippen molar-refractivity contribution in [2.24, 2.45) is 5.92 Å². The third kappa shape index (κ3) is 3.75. The van der Waals surface area contributed by atoms with Crippen LogP contribution in [-0.4, -0.2) is 33.9 Å². The van der Waals surface area contributed by atoms with Crippen molar-refractivity contribution in [2.45, 2.75) is 45.0 Å². The number of rotatable bonds is 2. The number of nitrogens with zero attached hydrogens (tertiary/aromatic N) is 2. The molecule has 9 heteroatoms. The van der Waals surface area contributed by atoms with Gasteiger partial charge in [0.15, 0.2) is 0 Å². The number of hydrogen-bond acceptors (Lipinski definition) is 5. The highest BCUT2D eigenvalue weighted by atomic mass is 32.1. The molecule has 1 aromatic heterocycles. The molecule has 0 unspecified atom stereocenters. The van der Waals surface area contributed by atoms with Gasteiger partial charge in [0.25, 0.3) is 0 Å². The SMILES string of the molecule is CC1(C)OC(=O)C[C@H]1C(=O)N1CCc2nc(-c3cccc(C(F)(F)F)c3)sc2C1. The quantitative estimate of drug-likeness (QED) is 0.683. The van der Waals surface area contributed by atoms with Crippen LogP contribution < -0.4 is 0 Å². The first kappa shape index (κ1) is 19.9. The molecule has 2 aliphatic heterocycles. The molecule has 0 bridgehead atoms. The lowest BCUT2D eigenvalue weighted by Gasteiger charge is -2.32. The van der Waals surface area contributed by atoms with E-state index in [1.165, 1.54) is 17.4 Å². The molecular weight excluding hydrogens is 405 g/mol. The summed E-state index contributed by atoms with van der Waals surface area (Å²) in [5, 5.41) is 0.509. The number of carbonyl (C=O) groups excluding carboxylic acids is 2. The van der Waals surface area contributed by atoms with E-state index < -0.39 is 23.3 Å². The van der Waals surface area contributed by atoms with E-state index in [2.05, 4.69) is 4.98 Å². The zero-order valence-corrected chi connectivity index (χ0v) is 16.7. The van der Waals surface area contributed by atoms with E-state index in [-0.39, 0.29) is 18.3 Å². The summed E-state index contributed by atoms with van der Waals surface area (Å²) >= 11 is 1.30. The summed E-state index contributed by atoms with van der Waals surface area (Å²) in [6.45, 7) is 4.26. The molecule has 29 heavy (non-hydrogen) atoms. The number of aromatic nitrogens is 1. The Bertz CT molecular complexity index is 984. The monoisotopic (exact) mass is 424 g/mol. The summed E-state index contributed by atoms with van der Waals surface area (Å²) in [6, 6.07) is 5.10. The molecule has 1 saturated heterocycles. The van der Waals surface area contributed by atoms with Crippen LogP contribution in [0.5, 0.6) is 0 Å². The average molecular weight is 424 g/mol. The Labute approximate surface area is 169 Å². The predicted molar refractivity (Wildman–Crippen MR) is 100.0 cm³/mol. The van der Waals surface area contributed by atoms with E-state index in [0.717, 1.165) is 22.7 Å². The van der Waals surface area contributed by atoms with Crippen LogP contribution in [0, 0.1) is 5.92 Å². The number of hydrogen-bond donors (Lipinski definition) is 0. The van der Waals surface area contributed by atoms with Crippen molar-refractivity contribution >= 4 is 23.2 Å². The van der Waals surface area contributed by atoms with E-state index in [1.54, 1.807) is 24.8 Å². The van der Waals surface area contributed by atoms with Crippen molar-refractivity contribution < 1.29 is 27.5 Å². The van der Waals surface area contributed by atoms with Crippen molar-refractivity contribution in [3.63, 3.8) is 0 Å². The molecule has 0 aliphatic carbocycles. The lowest BCUT2D eigenvalue weighted by Crippen LogP contribution is -2.44. The van der Waals surface area contributed by atoms with E-state index in [4.69, 9.17) is 4.74 Å². The van der Waals surface area contributed by atoms with Gasteiger partial charge in [-0.15, -0.1) is 11.3 Å². The number of ether oxygens (including phenoxy) is 1. The molecule has 2 aliphatic rings. The van der Waals surface area contributed by atoms with E-state index >= 15 is 0 Å². The maximum absolute atomic E-state index is 13.0. The first-order valence-corrected chi connectivity index (χ1v) is 10.0. The van der Waals surface area contributed by atoms with Crippen LogP contribution >= 0.6 is 11.3 Å². The van der Waals surface area contributed by atoms with Gasteiger partial charge >= 0.3 is 12.1 Å². The largest absolute Gasteiger partial charge is 0.459 e. The molecule has 3 heterocycles. The van der Waals surface area contributed by atoms with Crippen LogP contribution in [0.1, 0.15) is 36.4 Å². The molecule has 2 aromatic rings. The topological polar surface area (TPSA) is 59.5 Å². The van der Waals surface area contributed by atoms with Gasteiger partial charge in [-0.25, -0.2) is 4.98 Å². The van der Waals surface area contributed by atoms with Crippen molar-refractivity contribution in [3.8, 4) is 10.6 Å². The number of halogens is 3. The van der Waals surface area contributed by atoms with E-state index in [9.17, 15) is 22.8 Å². The molecule has 0 N–H and O–H groups in total. The smallest absolute Gasteiger partial charge is 0.416 e. The highest BCUT2D eigenvalue weighted by molar-refractivity contribution is 7.15. The molecule has 1 atom stereocenters. The minimum Gasteiger partial charge on any atom is -0.459 e. The Kier molecular flexibility index (Phi) is 4.68. The molecule has 1 amide bonds. The Balaban J connectivity index is 1.55. The van der Waals surface area contributed by atoms with E-state index in [0.29, 0.717) is 30.1 Å². The number of cyclic esters (lactones) is 1. The third-order valence-electron chi connectivity index (χ3n) is 5.36. The van der Waals surface area contributed by atoms with Gasteiger partial charge in [-0.2, -0.15) is 13.2 Å². The molecule has 5 nitrogen and oxygen atoms in total. The van der Waals surface area contributed by atoms with Crippen LogP contribution in [0.2, 0.25) is 0 Å². The molecular formula is C20H19F3N2O3S. The Hall–Kier alpha value is -2.42. The molecule has 4 rings (SSSR count). The highest BCUT2D eigenvalue weighted by Crippen LogP contribution is 2.38. The van der Waals surface area contributed by atoms with E-state index in [1.807, 2.05) is 0 Å². The number of fused-ring (bicyclic) bond motifs is 1. The molecule has 0 radical (unpaired) electrons. The van der Waals surface area contributed by atoms with Gasteiger partial charge in [-0.3, -0.25) is 9.59 Å². The number of benzene rings is 1. The minimum absolute atomic E-state index is 0.0629. The standard InChI is InChI=1S/C20H19F3N2O3S/c1-19(2)13(9-16(26)28-19)18(27)25-7-6-14-15(10-25)29-17(24-14)11-4-3-5-12(8-11)20(21,22)23/h3-5,8,13H,6-7,9-10H2,1-2H3/t13-/m0/s1. The number of carbonyl (C=O) groups is 2. The summed E-state index contributed by atoms with van der Waals surface area (Å²) in [5.41, 5.74) is -0.337. The molecule has 0 spiro atoms. The van der Waals surface area contributed by atoms with Crippen molar-refractivity contribution in [2.75, 3.05) is 6.54 Å². The van der Waals surface area contributed by atoms with Crippen molar-refractivity contribution in [1.82, 2.24) is 9.88 Å². The lowest BCUT2D eigenvalue weighted by molar-refractivity contribution is -0.149. The summed E-state index contributed by atoms with van der Waals surface area (Å²) in [4.78, 5) is 31.6. The van der Waals surface area contributed by atoms with Crippen molar-refractivity contribution in [1.29, 1.82) is 0 Å². The van der Waals surface area contributed by atoms with Crippen LogP contribution in [0.25, 0.3) is 10.6 Å². The van der Waals surface area contributed by atoms with Crippen LogP contribution in [0.4, 0.5) is 13.2 Å². The Morgan fingerprint density at radius 2 is 2.10 bits per heavy atom. The summed E-state index contributed by atoms with van der Waals surface area (Å²) in [6.07, 6.45) is -3.82. The van der Waals surface area contributed by atoms with Crippen molar-refractivity contribution in [3.05, 3.63) is 40.4 Å². The fraction of sp³-hybridized carbons (Fsp3) is 0.450. The molecule has 154 valence electrons. The number of alkyl halides is 3. The van der Waals surface area contributed by atoms with Gasteiger partial charge in [0.05, 0.1) is 30.1 Å². The lowest BCUT2D eigenvalue weighted by atomic mass is 9.89. The second kappa shape index (κ2) is 6.83. The highest BCUT2D eigenvalue weighted by Gasteiger charge is 2.48. The molecule has 1 fully saturated rings. The maximum atomic E-state index is 13.0. The number of esters is 1. The van der Waals surface area contributed by atoms with Crippen LogP contribution in [-0.2, 0) is 33.5 Å². The first-order valence-electron chi connectivity index (χ1n) is 9.21. The molecule has 1 aromatic carbocycles. The summed E-state index contributed by atoms with van der Waals surface area (Å²) in [5.74, 6) is -1.05. The van der Waals surface area contributed by atoms with Gasteiger partial charge in [0.2, 0.25) is 5.91 Å². The van der Waals surface area contributed by atoms with Gasteiger partial charge in [-0.1, -0.05) is 12.1 Å². The van der Waals surface area contributed by atoms with Gasteiger partial charge in [0, 0.05) is 23.4 Å². The first-order chi connectivity index (χ1) is 13.5. The van der Waals surface area contributed by atoms with Crippen LogP contribution in [0.15, 0.2) is 24.3 Å². The maximum Gasteiger partial charge on any atom is 0.416 e. The third-order valence-corrected chi connectivity index (χ3v) is 6.50. The average Bonchev–Trinajstić information content (AvgIpc) is 3.19. The second-order valence-electron chi connectivity index (χ2n) is 7.81. The zero-order chi connectivity index (χ0) is 21.0. The van der Waals surface area contributed by atoms with Gasteiger partial charge < -0.3 is 9.64 Å². The van der Waals surface area contributed by atoms with Gasteiger partial charge in [0.1, 0.15) is 10.6 Å². The normalized spacial score (nSPS) is 21.1. The Morgan fingerprint density at radius 3 is 2.76 bits per heavy atom. The Morgan fingerprint density at radius 1 is 1.34 bits per heavy atom. The predicted octanol–water partition coefficient (Wildman–Crippen LogP) is 4.06. The summed E-state index contributed by atoms with van der Waals surface area (Å²) < 4.78 is 44.2. The number of amides is 1. The zero-order valence-electron chi connectivity index (χ0n) is 15.9. The van der Waals surface area contributed by atoms with Crippen LogP contribution in [0.3, 0.4) is 0 Å². The fourth-order valence-corrected chi connectivity index (χ4v) is 4.88. The minimum atomic E-state index is -4.41. The molecule has 0 saturated carbocycles. The fourth-order valence-electron chi connectivity index (χ4n) is 3.76. The second-order valence-corrected chi connectivity index (χ2v) is 8.90.